The predicted molar refractivity (Wildman–Crippen MR) is 116 cm³/mol. The van der Waals surface area contributed by atoms with E-state index in [0.29, 0.717) is 31.3 Å². The van der Waals surface area contributed by atoms with Crippen LogP contribution < -0.4 is 4.72 Å². The highest BCUT2D eigenvalue weighted by Gasteiger charge is 2.31. The molecule has 1 aromatic carbocycles. The fourth-order valence-electron chi connectivity index (χ4n) is 3.95. The van der Waals surface area contributed by atoms with Crippen LogP contribution in [0.5, 0.6) is 0 Å². The Bertz CT molecular complexity index is 1170. The van der Waals surface area contributed by atoms with Crippen LogP contribution in [0.2, 0.25) is 0 Å². The van der Waals surface area contributed by atoms with Crippen molar-refractivity contribution in [2.75, 3.05) is 13.2 Å². The minimum Gasteiger partial charge on any atom is -0.381 e. The molecule has 0 amide bonds. The van der Waals surface area contributed by atoms with E-state index in [1.54, 1.807) is 19.3 Å². The second-order valence-corrected chi connectivity index (χ2v) is 8.82. The fourth-order valence-corrected chi connectivity index (χ4v) is 4.46. The maximum absolute atomic E-state index is 14.8. The molecule has 33 heavy (non-hydrogen) atoms. The van der Waals surface area contributed by atoms with Crippen LogP contribution in [0.3, 0.4) is 0 Å². The number of nitrogens with zero attached hydrogens (tertiary/aromatic N) is 5. The van der Waals surface area contributed by atoms with Gasteiger partial charge in [0.25, 0.3) is 0 Å². The highest BCUT2D eigenvalue weighted by Crippen LogP contribution is 2.31. The van der Waals surface area contributed by atoms with Crippen LogP contribution in [-0.2, 0) is 22.0 Å². The van der Waals surface area contributed by atoms with Gasteiger partial charge in [-0.05, 0) is 38.0 Å². The van der Waals surface area contributed by atoms with Crippen LogP contribution in [-0.4, -0.2) is 52.4 Å². The Morgan fingerprint density at radius 1 is 1.21 bits per heavy atom. The number of ether oxygens (including phenoxy) is 1. The van der Waals surface area contributed by atoms with E-state index in [1.165, 1.54) is 22.8 Å². The molecule has 12 heteroatoms. The van der Waals surface area contributed by atoms with Gasteiger partial charge in [-0.3, -0.25) is 4.57 Å². The molecule has 4 rings (SSSR count). The molecule has 0 bridgehead atoms. The minimum atomic E-state index is -2.89. The van der Waals surface area contributed by atoms with Gasteiger partial charge in [0.1, 0.15) is 34.8 Å². The van der Waals surface area contributed by atoms with Crippen LogP contribution >= 0.6 is 0 Å². The van der Waals surface area contributed by atoms with Crippen molar-refractivity contribution in [3.05, 3.63) is 65.3 Å². The van der Waals surface area contributed by atoms with Gasteiger partial charge in [-0.15, -0.1) is 10.2 Å². The minimum absolute atomic E-state index is 0.0920. The van der Waals surface area contributed by atoms with Crippen molar-refractivity contribution in [2.24, 2.45) is 0 Å². The summed E-state index contributed by atoms with van der Waals surface area (Å²) >= 11 is 0. The summed E-state index contributed by atoms with van der Waals surface area (Å²) in [5, 5.41) is 8.51. The Hall–Kier alpha value is -2.83. The molecule has 1 saturated heterocycles. The number of halogens is 2. The van der Waals surface area contributed by atoms with Gasteiger partial charge in [0.05, 0.1) is 6.61 Å². The molecule has 1 aliphatic heterocycles. The molecule has 9 nitrogen and oxygen atoms in total. The van der Waals surface area contributed by atoms with Crippen molar-refractivity contribution in [1.82, 2.24) is 29.5 Å². The number of nitrogens with one attached hydrogen (secondary N) is 1. The standard InChI is InChI=1S/C21H24F2N6O3S/c1-12-9-24-20(25-10-12)15(13(2)28-33(30)31)8-18-26-27-21(14-6-7-32-11-14)29(18)19-16(22)4-3-5-17(19)23/h3-5,9-10,13-15,33H,6-8,11H2,1-2H3,(H,28,30,31)/t13-,14-,15-/m1/s1. The van der Waals surface area contributed by atoms with Crippen LogP contribution in [0.15, 0.2) is 30.6 Å². The van der Waals surface area contributed by atoms with Gasteiger partial charge in [0.2, 0.25) is 10.9 Å². The molecule has 0 saturated carbocycles. The SMILES string of the molecule is Cc1cnc([C@H](Cc2nnc([C@@H]3CCOC3)n2-c2c(F)cccc2F)[C@@H](C)N[SH](=O)=O)nc1. The average Bonchev–Trinajstić information content (AvgIpc) is 3.42. The van der Waals surface area contributed by atoms with Gasteiger partial charge in [-0.2, -0.15) is 0 Å². The van der Waals surface area contributed by atoms with Crippen LogP contribution in [0.25, 0.3) is 5.69 Å². The van der Waals surface area contributed by atoms with Crippen molar-refractivity contribution in [3.63, 3.8) is 0 Å². The largest absolute Gasteiger partial charge is 0.381 e. The van der Waals surface area contributed by atoms with E-state index in [1.807, 2.05) is 6.92 Å². The first kappa shape index (κ1) is 23.3. The summed E-state index contributed by atoms with van der Waals surface area (Å²) in [4.78, 5) is 8.70. The van der Waals surface area contributed by atoms with Crippen molar-refractivity contribution >= 4 is 10.9 Å². The third kappa shape index (κ3) is 5.07. The number of para-hydroxylation sites is 1. The molecule has 1 aliphatic rings. The molecule has 3 atom stereocenters. The highest BCUT2D eigenvalue weighted by atomic mass is 32.2. The summed E-state index contributed by atoms with van der Waals surface area (Å²) < 4.78 is 61.7. The third-order valence-electron chi connectivity index (χ3n) is 5.66. The van der Waals surface area contributed by atoms with E-state index in [2.05, 4.69) is 24.9 Å². The van der Waals surface area contributed by atoms with E-state index in [9.17, 15) is 17.2 Å². The van der Waals surface area contributed by atoms with Gasteiger partial charge in [0.15, 0.2) is 0 Å². The molecule has 0 aliphatic carbocycles. The molecular formula is C21H24F2N6O3S. The molecular weight excluding hydrogens is 454 g/mol. The molecule has 0 unspecified atom stereocenters. The van der Waals surface area contributed by atoms with E-state index in [0.717, 1.165) is 5.56 Å². The van der Waals surface area contributed by atoms with Crippen molar-refractivity contribution in [1.29, 1.82) is 0 Å². The summed E-state index contributed by atoms with van der Waals surface area (Å²) in [5.41, 5.74) is 0.562. The molecule has 1 N–H and O–H groups in total. The predicted octanol–water partition coefficient (Wildman–Crippen LogP) is 1.98. The first-order valence-electron chi connectivity index (χ1n) is 10.5. The summed E-state index contributed by atoms with van der Waals surface area (Å²) in [6, 6.07) is 3.02. The Morgan fingerprint density at radius 3 is 2.52 bits per heavy atom. The number of benzene rings is 1. The van der Waals surface area contributed by atoms with Gasteiger partial charge in [-0.1, -0.05) is 6.07 Å². The normalized spacial score (nSPS) is 18.0. The number of rotatable bonds is 8. The maximum atomic E-state index is 14.8. The summed E-state index contributed by atoms with van der Waals surface area (Å²) in [6.07, 6.45) is 3.99. The topological polar surface area (TPSA) is 112 Å². The molecule has 0 radical (unpaired) electrons. The molecule has 3 aromatic rings. The van der Waals surface area contributed by atoms with Gasteiger partial charge in [0, 0.05) is 43.3 Å². The van der Waals surface area contributed by atoms with Crippen molar-refractivity contribution < 1.29 is 21.9 Å². The summed E-state index contributed by atoms with van der Waals surface area (Å²) in [7, 11) is -2.89. The Balaban J connectivity index is 1.81. The zero-order chi connectivity index (χ0) is 23.5. The van der Waals surface area contributed by atoms with Crippen LogP contribution in [0, 0.1) is 18.6 Å². The molecule has 2 aromatic heterocycles. The molecule has 0 spiro atoms. The Labute approximate surface area is 191 Å². The maximum Gasteiger partial charge on any atom is 0.201 e. The molecule has 3 heterocycles. The van der Waals surface area contributed by atoms with Gasteiger partial charge < -0.3 is 4.74 Å². The van der Waals surface area contributed by atoms with Gasteiger partial charge in [-0.25, -0.2) is 31.9 Å². The van der Waals surface area contributed by atoms with Crippen molar-refractivity contribution in [3.8, 4) is 5.69 Å². The lowest BCUT2D eigenvalue weighted by Gasteiger charge is -2.22. The van der Waals surface area contributed by atoms with E-state index >= 15 is 0 Å². The Kier molecular flexibility index (Phi) is 7.05. The Morgan fingerprint density at radius 2 is 1.91 bits per heavy atom. The number of hydrogen-bond donors (Lipinski definition) is 2. The van der Waals surface area contributed by atoms with Crippen LogP contribution in [0.1, 0.15) is 48.2 Å². The first-order chi connectivity index (χ1) is 15.8. The van der Waals surface area contributed by atoms with E-state index in [4.69, 9.17) is 4.74 Å². The monoisotopic (exact) mass is 478 g/mol. The molecule has 1 fully saturated rings. The first-order valence-corrected chi connectivity index (χ1v) is 11.7. The zero-order valence-electron chi connectivity index (χ0n) is 18.1. The van der Waals surface area contributed by atoms with Gasteiger partial charge >= 0.3 is 0 Å². The third-order valence-corrected chi connectivity index (χ3v) is 6.28. The zero-order valence-corrected chi connectivity index (χ0v) is 19.0. The smallest absolute Gasteiger partial charge is 0.201 e. The molecule has 176 valence electrons. The summed E-state index contributed by atoms with van der Waals surface area (Å²) in [6.45, 7) is 4.40. The number of hydrogen-bond acceptors (Lipinski definition) is 7. The quantitative estimate of drug-likeness (QED) is 0.476. The number of thiol groups is 1. The lowest BCUT2D eigenvalue weighted by molar-refractivity contribution is 0.193. The van der Waals surface area contributed by atoms with E-state index < -0.39 is 34.5 Å². The second kappa shape index (κ2) is 9.98. The second-order valence-electron chi connectivity index (χ2n) is 8.04. The fraction of sp³-hybridized carbons (Fsp3) is 0.429. The van der Waals surface area contributed by atoms with E-state index in [-0.39, 0.29) is 23.9 Å². The number of aromatic nitrogens is 5. The summed E-state index contributed by atoms with van der Waals surface area (Å²) in [5.74, 6) is -1.21. The van der Waals surface area contributed by atoms with Crippen LogP contribution in [0.4, 0.5) is 8.78 Å². The van der Waals surface area contributed by atoms with Crippen molar-refractivity contribution in [2.45, 2.75) is 44.6 Å². The lowest BCUT2D eigenvalue weighted by atomic mass is 9.96. The number of aryl methyl sites for hydroxylation is 1. The highest BCUT2D eigenvalue weighted by molar-refractivity contribution is 7.70. The lowest BCUT2D eigenvalue weighted by Crippen LogP contribution is -2.34. The average molecular weight is 479 g/mol.